The van der Waals surface area contributed by atoms with E-state index in [1.54, 1.807) is 44.2 Å². The van der Waals surface area contributed by atoms with Crippen LogP contribution in [0.15, 0.2) is 40.3 Å². The average Bonchev–Trinajstić information content (AvgIpc) is 3.89. The molecule has 1 unspecified atom stereocenters. The highest BCUT2D eigenvalue weighted by atomic mass is 33.1. The van der Waals surface area contributed by atoms with Crippen LogP contribution in [0.1, 0.15) is 70.8 Å². The van der Waals surface area contributed by atoms with Crippen LogP contribution in [0.3, 0.4) is 0 Å². The Kier molecular flexibility index (Phi) is 29.5. The summed E-state index contributed by atoms with van der Waals surface area (Å²) in [6.07, 6.45) is -4.70. The SMILES string of the molecule is CC[C@H](C)C1NC(=O)[C@H](Cc2ccccc2)NC(=O)[C@@H](N)CSSC[C@@H](C(=O)N2CCC[C@H]2C(=O)N[C@@H](CCCN=C(N)N)C(=O)NCC(N)=O)NC(=O)[C@H](CC(N)=O)NC(=O)[C@H](CCCN=C(N)N)NC1=O.O=C(O)C(F)(F)F. The lowest BCUT2D eigenvalue weighted by molar-refractivity contribution is -0.192. The molecule has 1 aromatic carbocycles. The number of carboxylic acid groups (broad SMARTS) is 1. The Labute approximate surface area is 466 Å². The Hall–Kier alpha value is -7.62. The Balaban J connectivity index is 0.00000292. The molecule has 3 rings (SSSR count). The molecule has 2 saturated heterocycles. The van der Waals surface area contributed by atoms with Crippen LogP contribution in [0, 0.1) is 5.92 Å². The summed E-state index contributed by atoms with van der Waals surface area (Å²) in [4.78, 5) is 154. The van der Waals surface area contributed by atoms with Crippen molar-refractivity contribution in [2.75, 3.05) is 37.7 Å². The van der Waals surface area contributed by atoms with Gasteiger partial charge in [0.05, 0.1) is 19.0 Å². The smallest absolute Gasteiger partial charge is 0.475 e. The van der Waals surface area contributed by atoms with Gasteiger partial charge in [-0.25, -0.2) is 4.79 Å². The molecule has 2 fully saturated rings. The van der Waals surface area contributed by atoms with E-state index in [4.69, 9.17) is 50.0 Å². The van der Waals surface area contributed by atoms with Crippen molar-refractivity contribution in [2.24, 2.45) is 56.0 Å². The predicted molar refractivity (Wildman–Crippen MR) is 288 cm³/mol. The quantitative estimate of drug-likeness (QED) is 0.0252. The molecule has 0 radical (unpaired) electrons. The summed E-state index contributed by atoms with van der Waals surface area (Å²) in [5.74, 6) is -12.2. The van der Waals surface area contributed by atoms with Crippen LogP contribution in [-0.4, -0.2) is 179 Å². The number of halogens is 3. The number of nitrogens with two attached hydrogens (primary N) is 7. The minimum Gasteiger partial charge on any atom is -0.475 e. The fourth-order valence-corrected chi connectivity index (χ4v) is 9.89. The molecule has 34 heteroatoms. The van der Waals surface area contributed by atoms with Crippen molar-refractivity contribution in [3.05, 3.63) is 35.9 Å². The van der Waals surface area contributed by atoms with E-state index in [-0.39, 0.29) is 81.6 Å². The topological polar surface area (TPSA) is 502 Å². The maximum atomic E-state index is 14.6. The van der Waals surface area contributed by atoms with Crippen molar-refractivity contribution in [1.82, 2.24) is 42.1 Å². The number of amides is 10. The number of alkyl halides is 3. The summed E-state index contributed by atoms with van der Waals surface area (Å²) in [7, 11) is 2.09. The lowest BCUT2D eigenvalue weighted by Gasteiger charge is -2.31. The fourth-order valence-electron chi connectivity index (χ4n) is 7.61. The summed E-state index contributed by atoms with van der Waals surface area (Å²) in [5, 5.41) is 25.3. The fraction of sp³-hybridized carbons (Fsp3) is 0.587. The molecule has 80 heavy (non-hydrogen) atoms. The molecule has 1 aromatic rings. The maximum Gasteiger partial charge on any atom is 0.490 e. The van der Waals surface area contributed by atoms with Gasteiger partial charge in [0.1, 0.15) is 42.3 Å². The first kappa shape index (κ1) is 68.5. The molecule has 9 atom stereocenters. The molecule has 22 N–H and O–H groups in total. The monoisotopic (exact) mass is 1180 g/mol. The minimum atomic E-state index is -5.08. The van der Waals surface area contributed by atoms with E-state index < -0.39 is 138 Å². The lowest BCUT2D eigenvalue weighted by atomic mass is 9.96. The van der Waals surface area contributed by atoms with E-state index in [9.17, 15) is 61.1 Å². The summed E-state index contributed by atoms with van der Waals surface area (Å²) in [6, 6.07) is -1.81. The first-order valence-corrected chi connectivity index (χ1v) is 27.5. The molecule has 0 aliphatic carbocycles. The van der Waals surface area contributed by atoms with Crippen LogP contribution in [0.5, 0.6) is 0 Å². The van der Waals surface area contributed by atoms with E-state index in [1.165, 1.54) is 4.90 Å². The normalized spacial score (nSPS) is 22.3. The molecule has 2 aliphatic rings. The molecule has 0 saturated carbocycles. The molecule has 2 heterocycles. The molecule has 446 valence electrons. The van der Waals surface area contributed by atoms with Gasteiger partial charge in [0.25, 0.3) is 0 Å². The van der Waals surface area contributed by atoms with Crippen LogP contribution < -0.4 is 77.4 Å². The standard InChI is InChI=1S/C44H71N17O10S2.C2HF3O2/c1-3-23(2)34-41(70)56-27(13-8-16-53-44(50)51)37(66)58-29(19-32(46)62)38(67)59-30(22-73-72-21-25(45)35(64)57-28(39(68)60-34)18-24-10-5-4-6-11-24)42(71)61-17-9-14-31(61)40(69)55-26(12-7-15-52-43(48)49)36(65)54-20-33(47)63;3-2(4,5)1(6)7/h4-6,10-11,23,25-31,34H,3,7-9,12-22,45H2,1-2H3,(H2,46,62)(H2,47,63)(H,54,65)(H,55,69)(H,56,70)(H,57,64)(H,58,66)(H,59,67)(H,60,68)(H4,48,49,52)(H4,50,51,53);(H,6,7)/t23-,25-,26-,27-,28-,29-,30-,31-,34?;/m0./s1. The number of hydrogen-bond donors (Lipinski definition) is 15. The maximum absolute atomic E-state index is 14.6. The second kappa shape index (κ2) is 34.4. The average molecular weight is 1180 g/mol. The number of rotatable bonds is 20. The molecule has 0 bridgehead atoms. The van der Waals surface area contributed by atoms with Gasteiger partial charge in [-0.1, -0.05) is 72.2 Å². The number of aliphatic carboxylic acids is 1. The molecule has 2 aliphatic heterocycles. The summed E-state index contributed by atoms with van der Waals surface area (Å²) >= 11 is 0. The number of benzene rings is 1. The number of carbonyl (C=O) groups excluding carboxylic acids is 10. The van der Waals surface area contributed by atoms with Crippen LogP contribution in [0.2, 0.25) is 0 Å². The molecule has 0 aromatic heterocycles. The van der Waals surface area contributed by atoms with Crippen LogP contribution in [-0.2, 0) is 59.2 Å². The zero-order chi connectivity index (χ0) is 60.3. The van der Waals surface area contributed by atoms with Gasteiger partial charge in [0.15, 0.2) is 11.9 Å². The number of aliphatic imine (C=N–C) groups is 2. The summed E-state index contributed by atoms with van der Waals surface area (Å²) in [6.45, 7) is 3.14. The first-order chi connectivity index (χ1) is 37.5. The van der Waals surface area contributed by atoms with E-state index >= 15 is 0 Å². The Morgan fingerprint density at radius 2 is 1.34 bits per heavy atom. The number of carbonyl (C=O) groups is 11. The van der Waals surface area contributed by atoms with Crippen molar-refractivity contribution >= 4 is 98.5 Å². The van der Waals surface area contributed by atoms with Crippen molar-refractivity contribution in [1.29, 1.82) is 0 Å². The Bertz CT molecular complexity index is 2390. The van der Waals surface area contributed by atoms with Gasteiger partial charge in [-0.3, -0.25) is 57.9 Å². The molecular formula is C46H72F3N17O12S2. The van der Waals surface area contributed by atoms with Crippen LogP contribution in [0.25, 0.3) is 0 Å². The molecule has 0 spiro atoms. The van der Waals surface area contributed by atoms with Gasteiger partial charge in [-0.2, -0.15) is 13.2 Å². The van der Waals surface area contributed by atoms with Gasteiger partial charge in [0, 0.05) is 37.6 Å². The van der Waals surface area contributed by atoms with Crippen LogP contribution in [0.4, 0.5) is 13.2 Å². The van der Waals surface area contributed by atoms with E-state index in [1.807, 2.05) is 0 Å². The minimum absolute atomic E-state index is 0.0144. The zero-order valence-electron chi connectivity index (χ0n) is 44.0. The third-order valence-corrected chi connectivity index (χ3v) is 14.4. The number of carboxylic acids is 1. The number of hydrogen-bond acceptors (Lipinski definition) is 16. The van der Waals surface area contributed by atoms with Crippen molar-refractivity contribution in [3.63, 3.8) is 0 Å². The van der Waals surface area contributed by atoms with Crippen molar-refractivity contribution in [3.8, 4) is 0 Å². The number of primary amides is 2. The van der Waals surface area contributed by atoms with Gasteiger partial charge >= 0.3 is 12.1 Å². The first-order valence-electron chi connectivity index (χ1n) is 25.0. The lowest BCUT2D eigenvalue weighted by Crippen LogP contribution is -2.61. The third kappa shape index (κ3) is 25.0. The number of likely N-dealkylation sites (tertiary alicyclic amines) is 1. The highest BCUT2D eigenvalue weighted by Crippen LogP contribution is 2.26. The molecular weight excluding hydrogens is 1100 g/mol. The number of nitrogens with zero attached hydrogens (tertiary/aromatic N) is 3. The number of nitrogens with one attached hydrogen (secondary N) is 7. The van der Waals surface area contributed by atoms with Crippen molar-refractivity contribution in [2.45, 2.75) is 126 Å². The number of guanidine groups is 2. The second-order valence-electron chi connectivity index (χ2n) is 18.3. The van der Waals surface area contributed by atoms with Gasteiger partial charge < -0.3 is 87.4 Å². The second-order valence-corrected chi connectivity index (χ2v) is 20.8. The Morgan fingerprint density at radius 1 is 0.775 bits per heavy atom. The van der Waals surface area contributed by atoms with E-state index in [0.29, 0.717) is 18.4 Å². The molecule has 29 nitrogen and oxygen atoms in total. The Morgan fingerprint density at radius 3 is 1.91 bits per heavy atom. The van der Waals surface area contributed by atoms with E-state index in [2.05, 4.69) is 47.2 Å². The zero-order valence-corrected chi connectivity index (χ0v) is 45.6. The van der Waals surface area contributed by atoms with Crippen LogP contribution >= 0.6 is 21.6 Å². The largest absolute Gasteiger partial charge is 0.490 e. The van der Waals surface area contributed by atoms with Crippen molar-refractivity contribution < 1.29 is 71.0 Å². The van der Waals surface area contributed by atoms with Gasteiger partial charge in [-0.05, 0) is 50.0 Å². The summed E-state index contributed by atoms with van der Waals surface area (Å²) in [5.41, 5.74) is 39.7. The predicted octanol–water partition coefficient (Wildman–Crippen LogP) is -4.89. The van der Waals surface area contributed by atoms with E-state index in [0.717, 1.165) is 21.6 Å². The van der Waals surface area contributed by atoms with Gasteiger partial charge in [-0.15, -0.1) is 0 Å². The van der Waals surface area contributed by atoms with Gasteiger partial charge in [0.2, 0.25) is 59.1 Å². The summed E-state index contributed by atoms with van der Waals surface area (Å²) < 4.78 is 31.7. The highest BCUT2D eigenvalue weighted by molar-refractivity contribution is 8.76. The molecule has 10 amide bonds. The third-order valence-electron chi connectivity index (χ3n) is 11.9. The highest BCUT2D eigenvalue weighted by Gasteiger charge is 2.41.